The van der Waals surface area contributed by atoms with E-state index in [4.69, 9.17) is 4.74 Å². The summed E-state index contributed by atoms with van der Waals surface area (Å²) in [6.45, 7) is 7.59. The summed E-state index contributed by atoms with van der Waals surface area (Å²) < 4.78 is 5.40. The van der Waals surface area contributed by atoms with E-state index in [1.54, 1.807) is 13.0 Å². The molecule has 5 heteroatoms. The molecule has 20 heavy (non-hydrogen) atoms. The first-order valence-electron chi connectivity index (χ1n) is 7.07. The number of nitro benzene ring substituents is 1. The minimum absolute atomic E-state index is 0.0879. The topological polar surface area (TPSA) is 64.4 Å². The van der Waals surface area contributed by atoms with Gasteiger partial charge in [-0.15, -0.1) is 0 Å². The van der Waals surface area contributed by atoms with Crippen molar-refractivity contribution in [2.75, 3.05) is 13.2 Å². The van der Waals surface area contributed by atoms with E-state index in [-0.39, 0.29) is 16.7 Å². The van der Waals surface area contributed by atoms with Crippen molar-refractivity contribution in [1.29, 1.82) is 0 Å². The van der Waals surface area contributed by atoms with Crippen molar-refractivity contribution in [3.05, 3.63) is 39.4 Å². The summed E-state index contributed by atoms with van der Waals surface area (Å²) in [5.41, 5.74) is 1.84. The molecule has 0 spiro atoms. The molecule has 1 saturated heterocycles. The van der Waals surface area contributed by atoms with Gasteiger partial charge in [0.05, 0.1) is 11.5 Å². The molecule has 1 heterocycles. The number of benzene rings is 1. The van der Waals surface area contributed by atoms with Crippen LogP contribution in [0.3, 0.4) is 0 Å². The van der Waals surface area contributed by atoms with Crippen molar-refractivity contribution in [3.8, 4) is 0 Å². The molecule has 1 fully saturated rings. The maximum Gasteiger partial charge on any atom is 0.272 e. The summed E-state index contributed by atoms with van der Waals surface area (Å²) in [5, 5.41) is 14.5. The van der Waals surface area contributed by atoms with E-state index in [1.165, 1.54) is 0 Å². The second-order valence-electron chi connectivity index (χ2n) is 5.60. The van der Waals surface area contributed by atoms with Gasteiger partial charge in [0.2, 0.25) is 0 Å². The van der Waals surface area contributed by atoms with Crippen LogP contribution in [0.2, 0.25) is 0 Å². The van der Waals surface area contributed by atoms with Gasteiger partial charge in [-0.25, -0.2) is 0 Å². The first kappa shape index (κ1) is 14.9. The van der Waals surface area contributed by atoms with Crippen molar-refractivity contribution in [1.82, 2.24) is 5.32 Å². The zero-order valence-corrected chi connectivity index (χ0v) is 12.3. The van der Waals surface area contributed by atoms with E-state index in [0.717, 1.165) is 25.2 Å². The van der Waals surface area contributed by atoms with Gasteiger partial charge in [-0.1, -0.05) is 12.1 Å². The molecule has 1 aliphatic rings. The molecule has 1 aromatic rings. The predicted molar refractivity (Wildman–Crippen MR) is 77.8 cm³/mol. The van der Waals surface area contributed by atoms with Crippen LogP contribution in [0, 0.1) is 23.0 Å². The van der Waals surface area contributed by atoms with Gasteiger partial charge < -0.3 is 10.1 Å². The van der Waals surface area contributed by atoms with E-state index >= 15 is 0 Å². The minimum Gasteiger partial charge on any atom is -0.381 e. The van der Waals surface area contributed by atoms with Crippen LogP contribution >= 0.6 is 0 Å². The van der Waals surface area contributed by atoms with Gasteiger partial charge in [0.15, 0.2) is 0 Å². The normalized spacial score (nSPS) is 21.6. The van der Waals surface area contributed by atoms with Crippen LogP contribution in [0.5, 0.6) is 0 Å². The maximum atomic E-state index is 11.0. The molecule has 1 aliphatic heterocycles. The fourth-order valence-electron chi connectivity index (χ4n) is 2.67. The van der Waals surface area contributed by atoms with Crippen LogP contribution in [0.4, 0.5) is 5.69 Å². The Balaban J connectivity index is 2.06. The van der Waals surface area contributed by atoms with Crippen molar-refractivity contribution < 1.29 is 9.66 Å². The fourth-order valence-corrected chi connectivity index (χ4v) is 2.67. The lowest BCUT2D eigenvalue weighted by atomic mass is 9.98. The molecule has 3 unspecified atom stereocenters. The van der Waals surface area contributed by atoms with Crippen LogP contribution in [-0.2, 0) is 4.74 Å². The van der Waals surface area contributed by atoms with E-state index in [0.29, 0.717) is 17.5 Å². The van der Waals surface area contributed by atoms with Gasteiger partial charge in [-0.05, 0) is 38.7 Å². The third kappa shape index (κ3) is 3.35. The van der Waals surface area contributed by atoms with E-state index in [9.17, 15) is 10.1 Å². The number of aryl methyl sites for hydroxylation is 1. The summed E-state index contributed by atoms with van der Waals surface area (Å²) in [5.74, 6) is 0.526. The lowest BCUT2D eigenvalue weighted by Crippen LogP contribution is -2.35. The highest BCUT2D eigenvalue weighted by Gasteiger charge is 2.24. The molecule has 0 saturated carbocycles. The van der Waals surface area contributed by atoms with Gasteiger partial charge in [0, 0.05) is 30.3 Å². The smallest absolute Gasteiger partial charge is 0.272 e. The molecule has 110 valence electrons. The number of nitrogens with one attached hydrogen (secondary N) is 1. The van der Waals surface area contributed by atoms with Gasteiger partial charge in [-0.2, -0.15) is 0 Å². The average molecular weight is 278 g/mol. The zero-order chi connectivity index (χ0) is 14.7. The number of hydrogen-bond donors (Lipinski definition) is 1. The summed E-state index contributed by atoms with van der Waals surface area (Å²) in [6, 6.07) is 5.87. The fraction of sp³-hybridized carbons (Fsp3) is 0.600. The number of rotatable bonds is 5. The van der Waals surface area contributed by atoms with Gasteiger partial charge in [-0.3, -0.25) is 10.1 Å². The Hall–Kier alpha value is -1.46. The van der Waals surface area contributed by atoms with Crippen LogP contribution in [0.15, 0.2) is 18.2 Å². The summed E-state index contributed by atoms with van der Waals surface area (Å²) in [7, 11) is 0. The maximum absolute atomic E-state index is 11.0. The highest BCUT2D eigenvalue weighted by Crippen LogP contribution is 2.25. The molecule has 1 aromatic carbocycles. The van der Waals surface area contributed by atoms with E-state index in [1.807, 2.05) is 19.1 Å². The first-order valence-corrected chi connectivity index (χ1v) is 7.07. The first-order chi connectivity index (χ1) is 9.49. The van der Waals surface area contributed by atoms with Crippen LogP contribution < -0.4 is 5.32 Å². The highest BCUT2D eigenvalue weighted by molar-refractivity contribution is 5.43. The van der Waals surface area contributed by atoms with Crippen molar-refractivity contribution >= 4 is 5.69 Å². The van der Waals surface area contributed by atoms with Gasteiger partial charge in [0.25, 0.3) is 5.69 Å². The molecule has 1 N–H and O–H groups in total. The average Bonchev–Trinajstić information content (AvgIpc) is 2.92. The predicted octanol–water partition coefficient (Wildman–Crippen LogP) is 2.98. The largest absolute Gasteiger partial charge is 0.381 e. The number of ether oxygens (including phenoxy) is 1. The van der Waals surface area contributed by atoms with E-state index in [2.05, 4.69) is 12.2 Å². The standard InChI is InChI=1S/C15H22N2O3/c1-10-4-5-13(8-15(10)17(18)19)11(2)16-12(3)14-6-7-20-9-14/h4-5,8,11-12,14,16H,6-7,9H2,1-3H3. The molecular formula is C15H22N2O3. The Morgan fingerprint density at radius 1 is 1.45 bits per heavy atom. The Labute approximate surface area is 119 Å². The quantitative estimate of drug-likeness (QED) is 0.664. The van der Waals surface area contributed by atoms with Crippen LogP contribution in [0.25, 0.3) is 0 Å². The van der Waals surface area contributed by atoms with Crippen LogP contribution in [0.1, 0.15) is 37.4 Å². The van der Waals surface area contributed by atoms with Gasteiger partial charge >= 0.3 is 0 Å². The highest BCUT2D eigenvalue weighted by atomic mass is 16.6. The van der Waals surface area contributed by atoms with E-state index < -0.39 is 0 Å². The second kappa shape index (κ2) is 6.33. The lowest BCUT2D eigenvalue weighted by molar-refractivity contribution is -0.385. The number of nitrogens with zero attached hydrogens (tertiary/aromatic N) is 1. The van der Waals surface area contributed by atoms with Crippen molar-refractivity contribution in [2.45, 2.75) is 39.3 Å². The third-order valence-electron chi connectivity index (χ3n) is 4.11. The Bertz CT molecular complexity index is 484. The molecular weight excluding hydrogens is 256 g/mol. The SMILES string of the molecule is Cc1ccc(C(C)NC(C)C2CCOC2)cc1[N+](=O)[O-]. The Morgan fingerprint density at radius 2 is 2.20 bits per heavy atom. The number of nitro groups is 1. The summed E-state index contributed by atoms with van der Waals surface area (Å²) in [6.07, 6.45) is 1.08. The van der Waals surface area contributed by atoms with Crippen molar-refractivity contribution in [3.63, 3.8) is 0 Å². The summed E-state index contributed by atoms with van der Waals surface area (Å²) in [4.78, 5) is 10.7. The van der Waals surface area contributed by atoms with Crippen LogP contribution in [-0.4, -0.2) is 24.2 Å². The molecule has 0 aliphatic carbocycles. The molecule has 0 aromatic heterocycles. The molecule has 0 bridgehead atoms. The zero-order valence-electron chi connectivity index (χ0n) is 12.3. The molecule has 2 rings (SSSR count). The Morgan fingerprint density at radius 3 is 2.80 bits per heavy atom. The van der Waals surface area contributed by atoms with Gasteiger partial charge in [0.1, 0.15) is 0 Å². The second-order valence-corrected chi connectivity index (χ2v) is 5.60. The lowest BCUT2D eigenvalue weighted by Gasteiger charge is -2.24. The Kier molecular flexibility index (Phi) is 4.73. The minimum atomic E-state index is -0.320. The third-order valence-corrected chi connectivity index (χ3v) is 4.11. The monoisotopic (exact) mass is 278 g/mol. The van der Waals surface area contributed by atoms with Crippen molar-refractivity contribution in [2.24, 2.45) is 5.92 Å². The summed E-state index contributed by atoms with van der Waals surface area (Å²) >= 11 is 0. The molecule has 5 nitrogen and oxygen atoms in total. The molecule has 0 amide bonds. The number of hydrogen-bond acceptors (Lipinski definition) is 4. The molecule has 0 radical (unpaired) electrons. The molecule has 3 atom stereocenters.